The van der Waals surface area contributed by atoms with E-state index >= 15 is 0 Å². The van der Waals surface area contributed by atoms with Crippen LogP contribution in [0.3, 0.4) is 0 Å². The average Bonchev–Trinajstić information content (AvgIpc) is 3.16. The van der Waals surface area contributed by atoms with Gasteiger partial charge in [-0.1, -0.05) is 12.1 Å². The van der Waals surface area contributed by atoms with E-state index in [4.69, 9.17) is 10.5 Å². The van der Waals surface area contributed by atoms with Crippen molar-refractivity contribution in [1.82, 2.24) is 4.90 Å². The zero-order valence-electron chi connectivity index (χ0n) is 15.0. The molecule has 1 aromatic rings. The highest BCUT2D eigenvalue weighted by molar-refractivity contribution is 5.81. The van der Waals surface area contributed by atoms with Crippen LogP contribution >= 0.6 is 0 Å². The largest absolute Gasteiger partial charge is 0.488 e. The Balaban J connectivity index is 1.72. The van der Waals surface area contributed by atoms with Crippen molar-refractivity contribution in [2.24, 2.45) is 23.5 Å². The van der Waals surface area contributed by atoms with E-state index in [9.17, 15) is 9.18 Å². The predicted octanol–water partition coefficient (Wildman–Crippen LogP) is 2.73. The summed E-state index contributed by atoms with van der Waals surface area (Å²) in [5.74, 6) is 0.505. The molecule has 4 unspecified atom stereocenters. The molecule has 1 saturated heterocycles. The van der Waals surface area contributed by atoms with Gasteiger partial charge in [0, 0.05) is 23.5 Å². The third kappa shape index (κ3) is 2.59. The van der Waals surface area contributed by atoms with Crippen LogP contribution in [0.4, 0.5) is 4.39 Å². The molecule has 1 aliphatic carbocycles. The number of para-hydroxylation sites is 1. The van der Waals surface area contributed by atoms with Gasteiger partial charge in [-0.15, -0.1) is 0 Å². The normalized spacial score (nSPS) is 32.5. The van der Waals surface area contributed by atoms with Gasteiger partial charge >= 0.3 is 0 Å². The van der Waals surface area contributed by atoms with Gasteiger partial charge < -0.3 is 10.5 Å². The Morgan fingerprint density at radius 2 is 1.88 bits per heavy atom. The van der Waals surface area contributed by atoms with Crippen molar-refractivity contribution >= 4 is 5.91 Å². The van der Waals surface area contributed by atoms with Crippen LogP contribution in [-0.4, -0.2) is 35.0 Å². The van der Waals surface area contributed by atoms with E-state index in [-0.39, 0.29) is 35.3 Å². The number of hydrogen-bond acceptors (Lipinski definition) is 3. The highest BCUT2D eigenvalue weighted by Crippen LogP contribution is 2.60. The summed E-state index contributed by atoms with van der Waals surface area (Å²) >= 11 is 0. The van der Waals surface area contributed by atoms with E-state index in [1.807, 2.05) is 13.0 Å². The lowest BCUT2D eigenvalue weighted by Gasteiger charge is -2.43. The number of halogens is 1. The van der Waals surface area contributed by atoms with Crippen LogP contribution in [0.5, 0.6) is 5.75 Å². The molecular formula is C19H27FN2O2. The fraction of sp³-hybridized carbons (Fsp3) is 0.632. The Morgan fingerprint density at radius 3 is 2.38 bits per heavy atom. The minimum absolute atomic E-state index is 0.0109. The predicted molar refractivity (Wildman–Crippen MR) is 91.1 cm³/mol. The van der Waals surface area contributed by atoms with Crippen molar-refractivity contribution in [2.75, 3.05) is 6.61 Å². The molecule has 1 amide bonds. The van der Waals surface area contributed by atoms with E-state index in [0.717, 1.165) is 5.56 Å². The number of fused-ring (bicyclic) bond motifs is 1. The molecule has 1 aliphatic heterocycles. The molecule has 0 spiro atoms. The van der Waals surface area contributed by atoms with Crippen molar-refractivity contribution in [2.45, 2.75) is 52.2 Å². The van der Waals surface area contributed by atoms with Crippen LogP contribution < -0.4 is 10.5 Å². The molecule has 0 aromatic heterocycles. The fourth-order valence-electron chi connectivity index (χ4n) is 4.95. The van der Waals surface area contributed by atoms with Gasteiger partial charge in [0.05, 0.1) is 0 Å². The zero-order chi connectivity index (χ0) is 17.8. The van der Waals surface area contributed by atoms with Crippen LogP contribution in [0.2, 0.25) is 0 Å². The minimum Gasteiger partial charge on any atom is -0.488 e. The highest BCUT2D eigenvalue weighted by atomic mass is 19.1. The molecule has 1 saturated carbocycles. The summed E-state index contributed by atoms with van der Waals surface area (Å²) in [6.07, 6.45) is 0. The van der Waals surface area contributed by atoms with Gasteiger partial charge in [-0.05, 0) is 58.1 Å². The van der Waals surface area contributed by atoms with E-state index < -0.39 is 0 Å². The number of ether oxygens (including phenoxy) is 1. The van der Waals surface area contributed by atoms with Gasteiger partial charge in [0.2, 0.25) is 5.91 Å². The lowest BCUT2D eigenvalue weighted by Crippen LogP contribution is -2.55. The number of piperidine rings is 1. The van der Waals surface area contributed by atoms with Gasteiger partial charge in [-0.2, -0.15) is 0 Å². The molecule has 132 valence electrons. The molecule has 3 rings (SSSR count). The molecule has 2 aliphatic rings. The maximum absolute atomic E-state index is 14.0. The number of nitrogens with zero attached hydrogens (tertiary/aromatic N) is 1. The van der Waals surface area contributed by atoms with E-state index in [0.29, 0.717) is 24.2 Å². The number of nitrogens with two attached hydrogens (primary N) is 1. The number of carbonyl (C=O) groups is 1. The maximum atomic E-state index is 14.0. The molecule has 4 atom stereocenters. The molecule has 2 N–H and O–H groups in total. The fourth-order valence-corrected chi connectivity index (χ4v) is 4.95. The van der Waals surface area contributed by atoms with Crippen molar-refractivity contribution < 1.29 is 13.9 Å². The van der Waals surface area contributed by atoms with Crippen molar-refractivity contribution in [3.63, 3.8) is 0 Å². The summed E-state index contributed by atoms with van der Waals surface area (Å²) in [6.45, 7) is 10.8. The number of rotatable bonds is 5. The van der Waals surface area contributed by atoms with E-state index in [1.165, 1.54) is 6.07 Å². The second-order valence-corrected chi connectivity index (χ2v) is 7.96. The number of aryl methyl sites for hydroxylation is 1. The number of amides is 1. The second-order valence-electron chi connectivity index (χ2n) is 7.96. The summed E-state index contributed by atoms with van der Waals surface area (Å²) in [5.41, 5.74) is 6.05. The van der Waals surface area contributed by atoms with Gasteiger partial charge in [-0.25, -0.2) is 4.39 Å². The monoisotopic (exact) mass is 334 g/mol. The first-order valence-corrected chi connectivity index (χ1v) is 8.62. The first-order valence-electron chi connectivity index (χ1n) is 8.62. The summed E-state index contributed by atoms with van der Waals surface area (Å²) in [5, 5.41) is 0. The Morgan fingerprint density at radius 1 is 1.29 bits per heavy atom. The summed E-state index contributed by atoms with van der Waals surface area (Å²) in [7, 11) is 0. The smallest absolute Gasteiger partial charge is 0.221 e. The van der Waals surface area contributed by atoms with Crippen molar-refractivity contribution in [1.29, 1.82) is 0 Å². The van der Waals surface area contributed by atoms with E-state index in [1.54, 1.807) is 6.07 Å². The molecule has 24 heavy (non-hydrogen) atoms. The molecule has 1 heterocycles. The molecular weight excluding hydrogens is 307 g/mol. The first-order chi connectivity index (χ1) is 11.2. The summed E-state index contributed by atoms with van der Waals surface area (Å²) in [4.78, 5) is 13.9. The molecule has 2 fully saturated rings. The van der Waals surface area contributed by atoms with Crippen LogP contribution in [0.15, 0.2) is 18.2 Å². The standard InChI is InChI=1S/C19H27FN2O2/c1-10-7-6-8-13(20)17(10)24-9-19(4,5)22-11(2)14-15(12(22)3)16(14)18(21)23/h6-8,11-12,14-16H,9H2,1-5H3,(H2,21,23). The number of likely N-dealkylation sites (tertiary alicyclic amines) is 1. The molecule has 5 heteroatoms. The third-order valence-corrected chi connectivity index (χ3v) is 5.89. The summed E-state index contributed by atoms with van der Waals surface area (Å²) < 4.78 is 19.8. The van der Waals surface area contributed by atoms with Crippen LogP contribution in [0.25, 0.3) is 0 Å². The quantitative estimate of drug-likeness (QED) is 0.901. The summed E-state index contributed by atoms with van der Waals surface area (Å²) in [6, 6.07) is 5.48. The molecule has 1 aromatic carbocycles. The molecule has 0 radical (unpaired) electrons. The van der Waals surface area contributed by atoms with Crippen molar-refractivity contribution in [3.8, 4) is 5.75 Å². The second kappa shape index (κ2) is 5.73. The molecule has 4 nitrogen and oxygen atoms in total. The number of hydrogen-bond donors (Lipinski definition) is 1. The highest BCUT2D eigenvalue weighted by Gasteiger charge is 2.67. The van der Waals surface area contributed by atoms with Crippen LogP contribution in [0, 0.1) is 30.5 Å². The number of carbonyl (C=O) groups excluding carboxylic acids is 1. The Hall–Kier alpha value is -1.62. The van der Waals surface area contributed by atoms with Crippen LogP contribution in [-0.2, 0) is 4.79 Å². The molecule has 0 bridgehead atoms. The minimum atomic E-state index is -0.329. The first kappa shape index (κ1) is 17.2. The Bertz CT molecular complexity index is 625. The Kier molecular flexibility index (Phi) is 4.11. The van der Waals surface area contributed by atoms with Gasteiger partial charge in [0.1, 0.15) is 6.61 Å². The van der Waals surface area contributed by atoms with E-state index in [2.05, 4.69) is 32.6 Å². The van der Waals surface area contributed by atoms with Crippen molar-refractivity contribution in [3.05, 3.63) is 29.6 Å². The maximum Gasteiger partial charge on any atom is 0.221 e. The third-order valence-electron chi connectivity index (χ3n) is 5.89. The lowest BCUT2D eigenvalue weighted by molar-refractivity contribution is -0.121. The SMILES string of the molecule is Cc1cccc(F)c1OCC(C)(C)N1C(C)C2C(C(N)=O)C2C1C. The number of benzene rings is 1. The zero-order valence-corrected chi connectivity index (χ0v) is 15.0. The van der Waals surface area contributed by atoms with Gasteiger partial charge in [0.15, 0.2) is 11.6 Å². The topological polar surface area (TPSA) is 55.6 Å². The van der Waals surface area contributed by atoms with Crippen LogP contribution in [0.1, 0.15) is 33.3 Å². The van der Waals surface area contributed by atoms with Gasteiger partial charge in [-0.3, -0.25) is 9.69 Å². The lowest BCUT2D eigenvalue weighted by atomic mass is 9.97. The van der Waals surface area contributed by atoms with Gasteiger partial charge in [0.25, 0.3) is 0 Å². The number of primary amides is 1. The Labute approximate surface area is 143 Å². The average molecular weight is 334 g/mol.